The first-order valence-corrected chi connectivity index (χ1v) is 15.8. The Bertz CT molecular complexity index is 1090. The van der Waals surface area contributed by atoms with Gasteiger partial charge in [0.2, 0.25) is 0 Å². The topological polar surface area (TPSA) is 110 Å². The number of carbonyl (C=O) groups is 3. The van der Waals surface area contributed by atoms with Crippen molar-refractivity contribution in [1.82, 2.24) is 0 Å². The third-order valence-electron chi connectivity index (χ3n) is 12.7. The van der Waals surface area contributed by atoms with Gasteiger partial charge in [0.25, 0.3) is 0 Å². The third-order valence-corrected chi connectivity index (χ3v) is 12.7. The first-order valence-electron chi connectivity index (χ1n) is 15.8. The first kappa shape index (κ1) is 32.2. The molecule has 2 N–H and O–H groups in total. The van der Waals surface area contributed by atoms with E-state index in [9.17, 15) is 24.6 Å². The van der Waals surface area contributed by atoms with Crippen LogP contribution in [0.25, 0.3) is 0 Å². The molecule has 4 aliphatic carbocycles. The van der Waals surface area contributed by atoms with Crippen LogP contribution in [-0.4, -0.2) is 52.4 Å². The molecule has 3 fully saturated rings. The summed E-state index contributed by atoms with van der Waals surface area (Å²) in [5.41, 5.74) is -0.791. The zero-order valence-corrected chi connectivity index (χ0v) is 26.8. The standard InChI is InChI=1S/C34H54O7/c1-20(26(40-21(2)36)18-29(31(6,7)39)41-22(3)37)23-14-15-33(9)27-12-10-24-25(11-13-28(38)30(24,4)5)32(27,8)16-17-34(23,33)19-35/h10,20,23,25-27,29,35,39H,11-19H2,1-9H3/t20-,23?,25+,26+,27+,29+,32-,33-,34-/m0/s1. The highest BCUT2D eigenvalue weighted by molar-refractivity contribution is 5.88. The fraction of sp³-hybridized carbons (Fsp3) is 0.853. The summed E-state index contributed by atoms with van der Waals surface area (Å²) in [7, 11) is 0. The lowest BCUT2D eigenvalue weighted by Gasteiger charge is -2.66. The van der Waals surface area contributed by atoms with E-state index in [1.54, 1.807) is 13.8 Å². The maximum Gasteiger partial charge on any atom is 0.303 e. The van der Waals surface area contributed by atoms with Crippen molar-refractivity contribution in [2.75, 3.05) is 6.61 Å². The Morgan fingerprint density at radius 1 is 1.05 bits per heavy atom. The van der Waals surface area contributed by atoms with E-state index in [2.05, 4.69) is 40.7 Å². The predicted molar refractivity (Wildman–Crippen MR) is 157 cm³/mol. The Labute approximate surface area is 246 Å². The van der Waals surface area contributed by atoms with E-state index in [-0.39, 0.29) is 41.1 Å². The Balaban J connectivity index is 1.69. The van der Waals surface area contributed by atoms with Gasteiger partial charge in [-0.2, -0.15) is 0 Å². The molecule has 9 atom stereocenters. The molecule has 1 unspecified atom stereocenters. The molecule has 7 heteroatoms. The molecule has 0 aromatic rings. The van der Waals surface area contributed by atoms with Crippen molar-refractivity contribution >= 4 is 17.7 Å². The normalized spacial score (nSPS) is 38.5. The van der Waals surface area contributed by atoms with Crippen LogP contribution in [0.4, 0.5) is 0 Å². The maximum absolute atomic E-state index is 12.9. The number of rotatable bonds is 8. The summed E-state index contributed by atoms with van der Waals surface area (Å²) in [6.07, 6.45) is 7.37. The molecule has 4 rings (SSSR count). The summed E-state index contributed by atoms with van der Waals surface area (Å²) < 4.78 is 11.4. The number of fused-ring (bicyclic) bond motifs is 5. The second-order valence-corrected chi connectivity index (χ2v) is 15.5. The van der Waals surface area contributed by atoms with Crippen LogP contribution in [0.15, 0.2) is 11.6 Å². The van der Waals surface area contributed by atoms with Crippen LogP contribution in [0.5, 0.6) is 0 Å². The highest BCUT2D eigenvalue weighted by atomic mass is 16.6. The molecule has 0 spiro atoms. The fourth-order valence-corrected chi connectivity index (χ4v) is 10.3. The number of hydrogen-bond acceptors (Lipinski definition) is 7. The van der Waals surface area contributed by atoms with Crippen LogP contribution >= 0.6 is 0 Å². The molecule has 41 heavy (non-hydrogen) atoms. The molecule has 0 aromatic carbocycles. The minimum absolute atomic E-state index is 0.0597. The fourth-order valence-electron chi connectivity index (χ4n) is 10.3. The summed E-state index contributed by atoms with van der Waals surface area (Å²) in [6.45, 7) is 17.1. The summed E-state index contributed by atoms with van der Waals surface area (Å²) in [5.74, 6) is 0.189. The van der Waals surface area contributed by atoms with Crippen molar-refractivity contribution < 1.29 is 34.1 Å². The molecular formula is C34H54O7. The van der Waals surface area contributed by atoms with Crippen LogP contribution in [0.1, 0.15) is 114 Å². The van der Waals surface area contributed by atoms with E-state index in [1.165, 1.54) is 19.4 Å². The predicted octanol–water partition coefficient (Wildman–Crippen LogP) is 5.79. The zero-order valence-electron chi connectivity index (χ0n) is 26.8. The van der Waals surface area contributed by atoms with E-state index in [0.717, 1.165) is 38.5 Å². The van der Waals surface area contributed by atoms with Crippen LogP contribution in [-0.2, 0) is 23.9 Å². The Kier molecular flexibility index (Phi) is 8.45. The Hall–Kier alpha value is -1.73. The first-order chi connectivity index (χ1) is 18.8. The third kappa shape index (κ3) is 5.11. The number of allylic oxidation sites excluding steroid dienone is 2. The summed E-state index contributed by atoms with van der Waals surface area (Å²) in [4.78, 5) is 37.1. The summed E-state index contributed by atoms with van der Waals surface area (Å²) in [5, 5.41) is 22.1. The SMILES string of the molecule is CC(=O)O[C@H](C[C@@H](OC(C)=O)C(C)(C)O)[C@@H](C)C1CC[C@@]2(C)[C@@H]3CC=C4[C@@H](CCC(=O)C4(C)C)[C@]3(C)CC[C@]12CO. The van der Waals surface area contributed by atoms with E-state index in [0.29, 0.717) is 24.0 Å². The average Bonchev–Trinajstić information content (AvgIpc) is 3.16. The molecule has 0 saturated heterocycles. The average molecular weight is 575 g/mol. The zero-order chi connectivity index (χ0) is 30.8. The molecule has 4 aliphatic rings. The van der Waals surface area contributed by atoms with Gasteiger partial charge in [-0.25, -0.2) is 0 Å². The monoisotopic (exact) mass is 574 g/mol. The number of aliphatic hydroxyl groups is 2. The smallest absolute Gasteiger partial charge is 0.303 e. The highest BCUT2D eigenvalue weighted by Gasteiger charge is 2.69. The molecule has 0 bridgehead atoms. The van der Waals surface area contributed by atoms with Gasteiger partial charge in [0.05, 0.1) is 5.60 Å². The Morgan fingerprint density at radius 2 is 1.68 bits per heavy atom. The van der Waals surface area contributed by atoms with Gasteiger partial charge in [0.15, 0.2) is 0 Å². The molecule has 0 aromatic heterocycles. The van der Waals surface area contributed by atoms with Crippen molar-refractivity contribution in [2.24, 2.45) is 45.3 Å². The van der Waals surface area contributed by atoms with Gasteiger partial charge < -0.3 is 19.7 Å². The van der Waals surface area contributed by atoms with E-state index in [4.69, 9.17) is 9.47 Å². The van der Waals surface area contributed by atoms with Crippen LogP contribution in [0.2, 0.25) is 0 Å². The largest absolute Gasteiger partial charge is 0.462 e. The van der Waals surface area contributed by atoms with Crippen LogP contribution in [0.3, 0.4) is 0 Å². The van der Waals surface area contributed by atoms with E-state index in [1.807, 2.05) is 0 Å². The second-order valence-electron chi connectivity index (χ2n) is 15.5. The van der Waals surface area contributed by atoms with Crippen LogP contribution < -0.4 is 0 Å². The Morgan fingerprint density at radius 3 is 2.24 bits per heavy atom. The van der Waals surface area contributed by atoms with Gasteiger partial charge >= 0.3 is 11.9 Å². The molecule has 232 valence electrons. The molecule has 0 radical (unpaired) electrons. The van der Waals surface area contributed by atoms with Crippen molar-refractivity contribution in [3.05, 3.63) is 11.6 Å². The number of esters is 2. The molecular weight excluding hydrogens is 520 g/mol. The minimum Gasteiger partial charge on any atom is -0.462 e. The van der Waals surface area contributed by atoms with Gasteiger partial charge in [-0.1, -0.05) is 32.4 Å². The van der Waals surface area contributed by atoms with Crippen molar-refractivity contribution in [1.29, 1.82) is 0 Å². The van der Waals surface area contributed by atoms with Gasteiger partial charge in [-0.3, -0.25) is 14.4 Å². The van der Waals surface area contributed by atoms with E-state index >= 15 is 0 Å². The van der Waals surface area contributed by atoms with Gasteiger partial charge in [0, 0.05) is 44.1 Å². The number of hydrogen-bond donors (Lipinski definition) is 2. The lowest BCUT2D eigenvalue weighted by molar-refractivity contribution is -0.182. The number of Topliss-reactive ketones (excluding diaryl/α,β-unsaturated/α-hetero) is 1. The van der Waals surface area contributed by atoms with Gasteiger partial charge in [0.1, 0.15) is 18.0 Å². The molecule has 0 aliphatic heterocycles. The quantitative estimate of drug-likeness (QED) is 0.279. The van der Waals surface area contributed by atoms with Crippen LogP contribution in [0, 0.1) is 45.3 Å². The summed E-state index contributed by atoms with van der Waals surface area (Å²) in [6, 6.07) is 0. The highest BCUT2D eigenvalue weighted by Crippen LogP contribution is 2.74. The lowest BCUT2D eigenvalue weighted by atomic mass is 9.39. The van der Waals surface area contributed by atoms with Gasteiger partial charge in [-0.05, 0) is 101 Å². The maximum atomic E-state index is 12.9. The second kappa shape index (κ2) is 10.8. The van der Waals surface area contributed by atoms with Crippen molar-refractivity contribution in [3.8, 4) is 0 Å². The lowest BCUT2D eigenvalue weighted by Crippen LogP contribution is -2.61. The van der Waals surface area contributed by atoms with Crippen molar-refractivity contribution in [2.45, 2.75) is 131 Å². The molecule has 0 amide bonds. The number of aliphatic hydroxyl groups excluding tert-OH is 1. The van der Waals surface area contributed by atoms with Gasteiger partial charge in [-0.15, -0.1) is 0 Å². The number of ketones is 1. The minimum atomic E-state index is -1.31. The van der Waals surface area contributed by atoms with E-state index < -0.39 is 35.2 Å². The summed E-state index contributed by atoms with van der Waals surface area (Å²) >= 11 is 0. The van der Waals surface area contributed by atoms with Crippen molar-refractivity contribution in [3.63, 3.8) is 0 Å². The number of ether oxygens (including phenoxy) is 2. The number of carbonyl (C=O) groups excluding carboxylic acids is 3. The molecule has 3 saturated carbocycles. The molecule has 0 heterocycles. The molecule has 7 nitrogen and oxygen atoms in total.